The van der Waals surface area contributed by atoms with Gasteiger partial charge in [0.1, 0.15) is 0 Å². The van der Waals surface area contributed by atoms with Crippen LogP contribution in [0.15, 0.2) is 16.8 Å². The second-order valence-electron chi connectivity index (χ2n) is 5.83. The number of thiophene rings is 1. The summed E-state index contributed by atoms with van der Waals surface area (Å²) in [4.78, 5) is 12.3. The molecule has 1 aliphatic carbocycles. The third-order valence-corrected chi connectivity index (χ3v) is 4.92. The number of hydrogen-bond acceptors (Lipinski definition) is 4. The van der Waals surface area contributed by atoms with Crippen molar-refractivity contribution in [2.24, 2.45) is 5.92 Å². The van der Waals surface area contributed by atoms with Crippen LogP contribution in [0.5, 0.6) is 0 Å². The lowest BCUT2D eigenvalue weighted by atomic mass is 9.95. The molecule has 0 spiro atoms. The molecule has 6 heteroatoms. The van der Waals surface area contributed by atoms with Gasteiger partial charge in [-0.2, -0.15) is 16.4 Å². The highest BCUT2D eigenvalue weighted by molar-refractivity contribution is 7.07. The molecule has 0 radical (unpaired) electrons. The van der Waals surface area contributed by atoms with E-state index in [0.29, 0.717) is 12.2 Å². The number of fused-ring (bicyclic) bond motifs is 1. The van der Waals surface area contributed by atoms with Gasteiger partial charge in [-0.05, 0) is 54.5 Å². The van der Waals surface area contributed by atoms with Crippen LogP contribution in [0, 0.1) is 5.92 Å². The van der Waals surface area contributed by atoms with Crippen molar-refractivity contribution < 1.29 is 9.90 Å². The van der Waals surface area contributed by atoms with Crippen molar-refractivity contribution in [3.63, 3.8) is 0 Å². The number of nitrogens with one attached hydrogen (secondary N) is 2. The third kappa shape index (κ3) is 3.39. The molecule has 0 saturated carbocycles. The standard InChI is InChI=1S/C16H21N3O2S/c20-9-12(7-11-5-6-22-10-11)8-17-16(21)15-13-3-1-2-4-14(13)18-19-15/h5-6,10,12,20H,1-4,7-9H2,(H,17,21)(H,18,19). The molecule has 0 fully saturated rings. The zero-order chi connectivity index (χ0) is 15.4. The van der Waals surface area contributed by atoms with E-state index in [2.05, 4.69) is 27.0 Å². The topological polar surface area (TPSA) is 78.0 Å². The average Bonchev–Trinajstić information content (AvgIpc) is 3.20. The third-order valence-electron chi connectivity index (χ3n) is 4.19. The Hall–Kier alpha value is -1.66. The molecule has 3 N–H and O–H groups in total. The molecule has 1 unspecified atom stereocenters. The first-order valence-corrected chi connectivity index (χ1v) is 8.68. The molecule has 1 atom stereocenters. The van der Waals surface area contributed by atoms with Crippen LogP contribution < -0.4 is 5.32 Å². The Kier molecular flexibility index (Phi) is 4.90. The predicted octanol–water partition coefficient (Wildman–Crippen LogP) is 1.93. The maximum absolute atomic E-state index is 12.3. The minimum Gasteiger partial charge on any atom is -0.396 e. The summed E-state index contributed by atoms with van der Waals surface area (Å²) < 4.78 is 0. The van der Waals surface area contributed by atoms with Crippen molar-refractivity contribution in [2.75, 3.05) is 13.2 Å². The number of nitrogens with zero attached hydrogens (tertiary/aromatic N) is 1. The van der Waals surface area contributed by atoms with E-state index in [4.69, 9.17) is 0 Å². The smallest absolute Gasteiger partial charge is 0.272 e. The summed E-state index contributed by atoms with van der Waals surface area (Å²) in [6.45, 7) is 0.529. The first kappa shape index (κ1) is 15.2. The van der Waals surface area contributed by atoms with Crippen LogP contribution in [0.4, 0.5) is 0 Å². The molecule has 1 aliphatic rings. The lowest BCUT2D eigenvalue weighted by Gasteiger charge is -2.15. The highest BCUT2D eigenvalue weighted by Crippen LogP contribution is 2.22. The Morgan fingerprint density at radius 3 is 3.09 bits per heavy atom. The lowest BCUT2D eigenvalue weighted by molar-refractivity contribution is 0.0934. The van der Waals surface area contributed by atoms with Crippen LogP contribution in [0.25, 0.3) is 0 Å². The van der Waals surface area contributed by atoms with Crippen molar-refractivity contribution in [2.45, 2.75) is 32.1 Å². The van der Waals surface area contributed by atoms with Gasteiger partial charge in [0.05, 0.1) is 0 Å². The Morgan fingerprint density at radius 1 is 1.45 bits per heavy atom. The summed E-state index contributed by atoms with van der Waals surface area (Å²) in [5.41, 5.74) is 3.91. The highest BCUT2D eigenvalue weighted by atomic mass is 32.1. The number of aromatic nitrogens is 2. The maximum Gasteiger partial charge on any atom is 0.272 e. The van der Waals surface area contributed by atoms with Gasteiger partial charge in [-0.1, -0.05) is 0 Å². The van der Waals surface area contributed by atoms with E-state index in [9.17, 15) is 9.90 Å². The van der Waals surface area contributed by atoms with Gasteiger partial charge >= 0.3 is 0 Å². The molecule has 2 heterocycles. The summed E-state index contributed by atoms with van der Waals surface area (Å²) in [5, 5.41) is 23.7. The number of carbonyl (C=O) groups excluding carboxylic acids is 1. The lowest BCUT2D eigenvalue weighted by Crippen LogP contribution is -2.32. The van der Waals surface area contributed by atoms with Crippen LogP contribution >= 0.6 is 11.3 Å². The summed E-state index contributed by atoms with van der Waals surface area (Å²) in [6, 6.07) is 2.05. The Morgan fingerprint density at radius 2 is 2.32 bits per heavy atom. The molecule has 1 amide bonds. The molecule has 22 heavy (non-hydrogen) atoms. The summed E-state index contributed by atoms with van der Waals surface area (Å²) in [6.07, 6.45) is 4.95. The molecule has 0 aromatic carbocycles. The zero-order valence-electron chi connectivity index (χ0n) is 12.5. The van der Waals surface area contributed by atoms with E-state index in [-0.39, 0.29) is 18.4 Å². The Labute approximate surface area is 133 Å². The molecule has 5 nitrogen and oxygen atoms in total. The number of rotatable bonds is 6. The van der Waals surface area contributed by atoms with Gasteiger partial charge in [0, 0.05) is 30.3 Å². The van der Waals surface area contributed by atoms with Gasteiger partial charge in [-0.25, -0.2) is 0 Å². The molecule has 3 rings (SSSR count). The number of aryl methyl sites for hydroxylation is 1. The highest BCUT2D eigenvalue weighted by Gasteiger charge is 2.22. The van der Waals surface area contributed by atoms with Crippen LogP contribution in [0.2, 0.25) is 0 Å². The normalized spacial score (nSPS) is 15.3. The fourth-order valence-corrected chi connectivity index (χ4v) is 3.61. The van der Waals surface area contributed by atoms with E-state index in [1.807, 2.05) is 5.38 Å². The first-order valence-electron chi connectivity index (χ1n) is 7.74. The number of H-pyrrole nitrogens is 1. The number of aliphatic hydroxyl groups is 1. The largest absolute Gasteiger partial charge is 0.396 e. The molecule has 0 aliphatic heterocycles. The Bertz CT molecular complexity index is 621. The number of carbonyl (C=O) groups is 1. The van der Waals surface area contributed by atoms with Gasteiger partial charge < -0.3 is 10.4 Å². The predicted molar refractivity (Wildman–Crippen MR) is 86.2 cm³/mol. The quantitative estimate of drug-likeness (QED) is 0.761. The van der Waals surface area contributed by atoms with Crippen molar-refractivity contribution in [3.8, 4) is 0 Å². The second-order valence-corrected chi connectivity index (χ2v) is 6.61. The number of amides is 1. The molecule has 0 bridgehead atoms. The SMILES string of the molecule is O=C(NCC(CO)Cc1ccsc1)c1n[nH]c2c1CCCC2. The van der Waals surface area contributed by atoms with Gasteiger partial charge in [0.2, 0.25) is 0 Å². The number of hydrogen-bond donors (Lipinski definition) is 3. The monoisotopic (exact) mass is 319 g/mol. The van der Waals surface area contributed by atoms with Gasteiger partial charge in [0.15, 0.2) is 5.69 Å². The van der Waals surface area contributed by atoms with Crippen molar-refractivity contribution in [1.82, 2.24) is 15.5 Å². The molecular weight excluding hydrogens is 298 g/mol. The number of aromatic amines is 1. The molecule has 2 aromatic heterocycles. The van der Waals surface area contributed by atoms with Crippen LogP contribution in [-0.4, -0.2) is 34.4 Å². The van der Waals surface area contributed by atoms with E-state index < -0.39 is 0 Å². The van der Waals surface area contributed by atoms with Crippen LogP contribution in [-0.2, 0) is 19.3 Å². The van der Waals surface area contributed by atoms with Gasteiger partial charge in [-0.3, -0.25) is 9.89 Å². The van der Waals surface area contributed by atoms with Crippen molar-refractivity contribution >= 4 is 17.2 Å². The molecule has 118 valence electrons. The summed E-state index contributed by atoms with van der Waals surface area (Å²) >= 11 is 1.65. The molecular formula is C16H21N3O2S. The first-order chi connectivity index (χ1) is 10.8. The van der Waals surface area contributed by atoms with E-state index >= 15 is 0 Å². The van der Waals surface area contributed by atoms with E-state index in [1.165, 1.54) is 5.56 Å². The van der Waals surface area contributed by atoms with Crippen molar-refractivity contribution in [1.29, 1.82) is 0 Å². The average molecular weight is 319 g/mol. The Balaban J connectivity index is 1.58. The molecule has 0 saturated heterocycles. The van der Waals surface area contributed by atoms with Crippen LogP contribution in [0.1, 0.15) is 40.2 Å². The summed E-state index contributed by atoms with van der Waals surface area (Å²) in [5.74, 6) is -0.100. The minimum absolute atomic E-state index is 0.0355. The maximum atomic E-state index is 12.3. The second kappa shape index (κ2) is 7.07. The minimum atomic E-state index is -0.136. The van der Waals surface area contributed by atoms with Crippen molar-refractivity contribution in [3.05, 3.63) is 39.3 Å². The fraction of sp³-hybridized carbons (Fsp3) is 0.500. The van der Waals surface area contributed by atoms with E-state index in [1.54, 1.807) is 11.3 Å². The number of aliphatic hydroxyl groups excluding tert-OH is 1. The van der Waals surface area contributed by atoms with Crippen LogP contribution in [0.3, 0.4) is 0 Å². The van der Waals surface area contributed by atoms with E-state index in [0.717, 1.165) is 43.4 Å². The fourth-order valence-electron chi connectivity index (χ4n) is 2.93. The molecule has 2 aromatic rings. The zero-order valence-corrected chi connectivity index (χ0v) is 13.3. The van der Waals surface area contributed by atoms with Gasteiger partial charge in [-0.15, -0.1) is 0 Å². The van der Waals surface area contributed by atoms with Gasteiger partial charge in [0.25, 0.3) is 5.91 Å². The summed E-state index contributed by atoms with van der Waals surface area (Å²) in [7, 11) is 0.